The zero-order valence-electron chi connectivity index (χ0n) is 61.9. The van der Waals surface area contributed by atoms with Crippen LogP contribution >= 0.6 is 0 Å². The Morgan fingerprint density at radius 1 is 0.339 bits per heavy atom. The van der Waals surface area contributed by atoms with E-state index in [9.17, 15) is 20.6 Å². The molecule has 11 rings (SSSR count). The van der Waals surface area contributed by atoms with Gasteiger partial charge in [0.15, 0.2) is 0 Å². The fourth-order valence-corrected chi connectivity index (χ4v) is 6.06. The monoisotopic (exact) mass is 747 g/mol. The second kappa shape index (κ2) is 13.2. The summed E-state index contributed by atoms with van der Waals surface area (Å²) in [7, 11) is 0. The van der Waals surface area contributed by atoms with Crippen LogP contribution in [-0.4, -0.2) is 0 Å². The summed E-state index contributed by atoms with van der Waals surface area (Å²) in [6, 6.07) is -33.7. The quantitative estimate of drug-likeness (QED) is 0.168. The molecule has 0 fully saturated rings. The number of hydrogen-bond acceptors (Lipinski definition) is 2. The Hall–Kier alpha value is -7.42. The number of nitrogens with zero attached hydrogens (tertiary/aromatic N) is 1. The molecule has 0 atom stereocenters. The standard InChI is InChI=1S/C54H35NO/c1-3-13-41-34-43(22-20-36(41)10-1)38-24-29-45(30-25-38)55(46-31-26-39(27-32-46)44-23-21-37-11-2-4-14-42(37)35-44)52-19-8-7-16-48(52)49-17-9-18-50-51-33-28-40-12-5-6-15-47(40)53(51)56-54(49)50/h1-35H/i1D,2D,3D,4D,5D,6D,7D,8D,9D,10D,11D,12D,13D,14D,15D,16D,17D,18D,19D,20D,21D,22D,23D,24D,25D,26D,28D,29D,30D,31D,32D,33D,34D,35D. The van der Waals surface area contributed by atoms with Gasteiger partial charge in [-0.15, -0.1) is 0 Å². The Bertz CT molecular complexity index is 5220. The van der Waals surface area contributed by atoms with Crippen LogP contribution in [0.3, 0.4) is 0 Å². The number of hydrogen-bond donors (Lipinski definition) is 0. The first-order chi connectivity index (χ1) is 41.9. The van der Waals surface area contributed by atoms with Crippen LogP contribution in [0.15, 0.2) is 216 Å². The molecule has 0 aliphatic heterocycles. The van der Waals surface area contributed by atoms with Crippen LogP contribution in [-0.2, 0) is 0 Å². The summed E-state index contributed by atoms with van der Waals surface area (Å²) >= 11 is 0. The lowest BCUT2D eigenvalue weighted by Gasteiger charge is -2.28. The van der Waals surface area contributed by atoms with E-state index in [2.05, 4.69) is 0 Å². The van der Waals surface area contributed by atoms with Crippen molar-refractivity contribution in [3.05, 3.63) is 212 Å². The fraction of sp³-hybridized carbons (Fsp3) is 0. The lowest BCUT2D eigenvalue weighted by atomic mass is 9.98. The summed E-state index contributed by atoms with van der Waals surface area (Å²) in [4.78, 5) is 0.353. The third kappa shape index (κ3) is 5.42. The Kier molecular flexibility index (Phi) is 3.01. The average molecular weight is 748 g/mol. The molecule has 0 spiro atoms. The molecule has 10 aromatic carbocycles. The summed E-state index contributed by atoms with van der Waals surface area (Å²) in [5.41, 5.74) is -10.4. The number of benzene rings is 10. The van der Waals surface area contributed by atoms with E-state index < -0.39 is 310 Å². The molecule has 2 nitrogen and oxygen atoms in total. The minimum Gasteiger partial charge on any atom is -0.455 e. The summed E-state index contributed by atoms with van der Waals surface area (Å²) in [5.74, 6) is 0. The number of furan rings is 1. The zero-order chi connectivity index (χ0) is 66.6. The maximum atomic E-state index is 9.81. The van der Waals surface area contributed by atoms with Gasteiger partial charge in [0.25, 0.3) is 0 Å². The predicted molar refractivity (Wildman–Crippen MR) is 237 cm³/mol. The highest BCUT2D eigenvalue weighted by Gasteiger charge is 2.21. The van der Waals surface area contributed by atoms with Crippen molar-refractivity contribution in [3.8, 4) is 33.4 Å². The van der Waals surface area contributed by atoms with Gasteiger partial charge in [0, 0.05) is 38.7 Å². The predicted octanol–water partition coefficient (Wildman–Crippen LogP) is 15.5. The molecule has 2 heteroatoms. The highest BCUT2D eigenvalue weighted by Crippen LogP contribution is 2.45. The molecular formula is C54H35NO. The van der Waals surface area contributed by atoms with Gasteiger partial charge in [-0.1, -0.05) is 163 Å². The maximum absolute atomic E-state index is 9.81. The normalized spacial score (nSPS) is 20.1. The summed E-state index contributed by atoms with van der Waals surface area (Å²) in [6.45, 7) is 0. The Labute approximate surface area is 372 Å². The first-order valence-electron chi connectivity index (χ1n) is 33.4. The van der Waals surface area contributed by atoms with Crippen molar-refractivity contribution in [2.45, 2.75) is 0 Å². The smallest absolute Gasteiger partial charge is 0.143 e. The fourth-order valence-electron chi connectivity index (χ4n) is 6.06. The van der Waals surface area contributed by atoms with E-state index in [1.807, 2.05) is 0 Å². The highest BCUT2D eigenvalue weighted by molar-refractivity contribution is 6.17. The van der Waals surface area contributed by atoms with Crippen molar-refractivity contribution in [1.82, 2.24) is 0 Å². The lowest BCUT2D eigenvalue weighted by molar-refractivity contribution is 0.674. The van der Waals surface area contributed by atoms with Gasteiger partial charge in [-0.3, -0.25) is 0 Å². The number of anilines is 3. The van der Waals surface area contributed by atoms with Gasteiger partial charge in [0.05, 0.1) is 52.3 Å². The van der Waals surface area contributed by atoms with Crippen molar-refractivity contribution in [2.75, 3.05) is 4.90 Å². The van der Waals surface area contributed by atoms with E-state index in [4.69, 9.17) is 30.5 Å². The van der Waals surface area contributed by atoms with Crippen LogP contribution in [0.2, 0.25) is 0 Å². The molecule has 0 saturated heterocycles. The summed E-state index contributed by atoms with van der Waals surface area (Å²) in [6.07, 6.45) is 0. The molecule has 0 unspecified atom stereocenters. The second-order valence-electron chi connectivity index (χ2n) is 11.8. The molecule has 262 valence electrons. The van der Waals surface area contributed by atoms with E-state index in [0.717, 1.165) is 0 Å². The molecule has 0 N–H and O–H groups in total. The average Bonchev–Trinajstić information content (AvgIpc) is 1.35. The highest BCUT2D eigenvalue weighted by atomic mass is 16.3. The van der Waals surface area contributed by atoms with Gasteiger partial charge in [-0.2, -0.15) is 0 Å². The molecule has 0 saturated carbocycles. The molecule has 0 aliphatic rings. The van der Waals surface area contributed by atoms with Gasteiger partial charge in [-0.05, 0) is 97.5 Å². The van der Waals surface area contributed by atoms with E-state index >= 15 is 0 Å². The van der Waals surface area contributed by atoms with Crippen molar-refractivity contribution in [1.29, 1.82) is 0 Å². The second-order valence-corrected chi connectivity index (χ2v) is 11.8. The van der Waals surface area contributed by atoms with Gasteiger partial charge in [0.2, 0.25) is 0 Å². The largest absolute Gasteiger partial charge is 0.455 e. The van der Waals surface area contributed by atoms with Crippen LogP contribution in [0.25, 0.3) is 87.6 Å². The summed E-state index contributed by atoms with van der Waals surface area (Å²) in [5, 5.41) is -4.83. The van der Waals surface area contributed by atoms with E-state index in [1.165, 1.54) is 0 Å². The van der Waals surface area contributed by atoms with Crippen LogP contribution in [0.4, 0.5) is 17.1 Å². The number of fused-ring (bicyclic) bond motifs is 7. The number of para-hydroxylation sites is 2. The van der Waals surface area contributed by atoms with Gasteiger partial charge < -0.3 is 9.32 Å². The van der Waals surface area contributed by atoms with Crippen LogP contribution in [0.1, 0.15) is 46.6 Å². The molecule has 0 bridgehead atoms. The Morgan fingerprint density at radius 3 is 1.61 bits per heavy atom. The van der Waals surface area contributed by atoms with E-state index in [1.54, 1.807) is 0 Å². The zero-order valence-corrected chi connectivity index (χ0v) is 27.9. The Balaban J connectivity index is 1.34. The molecule has 0 aliphatic carbocycles. The molecular weight excluding hydrogens is 679 g/mol. The summed E-state index contributed by atoms with van der Waals surface area (Å²) < 4.78 is 314. The molecule has 0 radical (unpaired) electrons. The van der Waals surface area contributed by atoms with Crippen LogP contribution in [0, 0.1) is 0 Å². The molecule has 11 aromatic rings. The SMILES string of the molecule is [2H]c1cc(-c2c([2H])c([2H])c3c([2H])c([2H])c([2H])c([2H])c3c2[2H])c([2H])c([2H])c1N(c1c([2H])c([2H])c(-c2c([2H])c([2H])c3c([2H])c([2H])c([2H])c([2H])c3c2[2H])c([2H])c1[2H])c1c([2H])c([2H])c([2H])c([2H])c1-c1c([2H])c([2H])c([2H])c2c1oc1c3c([2H])c([2H])c([2H])c([2H])c3c([2H])c([2H])c12. The first kappa shape index (κ1) is 12.8. The van der Waals surface area contributed by atoms with Crippen molar-refractivity contribution < 1.29 is 51.0 Å². The molecule has 56 heavy (non-hydrogen) atoms. The van der Waals surface area contributed by atoms with Crippen molar-refractivity contribution >= 4 is 71.3 Å². The van der Waals surface area contributed by atoms with Gasteiger partial charge in [0.1, 0.15) is 11.2 Å². The minimum atomic E-state index is -1.34. The van der Waals surface area contributed by atoms with E-state index in [0.29, 0.717) is 11.0 Å². The van der Waals surface area contributed by atoms with Crippen molar-refractivity contribution in [3.63, 3.8) is 0 Å². The third-order valence-corrected chi connectivity index (χ3v) is 8.63. The van der Waals surface area contributed by atoms with Crippen LogP contribution in [0.5, 0.6) is 0 Å². The molecule has 1 aromatic heterocycles. The van der Waals surface area contributed by atoms with E-state index in [-0.39, 0.29) is 0 Å². The van der Waals surface area contributed by atoms with Crippen LogP contribution < -0.4 is 4.90 Å². The Morgan fingerprint density at radius 2 is 0.857 bits per heavy atom. The maximum Gasteiger partial charge on any atom is 0.143 e. The number of rotatable bonds is 6. The topological polar surface area (TPSA) is 16.4 Å². The van der Waals surface area contributed by atoms with Gasteiger partial charge >= 0.3 is 0 Å². The molecule has 0 amide bonds. The first-order valence-corrected chi connectivity index (χ1v) is 16.4. The lowest BCUT2D eigenvalue weighted by Crippen LogP contribution is -2.11. The minimum absolute atomic E-state index is 0.353. The third-order valence-electron chi connectivity index (χ3n) is 8.63. The van der Waals surface area contributed by atoms with Crippen molar-refractivity contribution in [2.24, 2.45) is 0 Å². The van der Waals surface area contributed by atoms with Gasteiger partial charge in [-0.25, -0.2) is 0 Å². The molecule has 1 heterocycles.